The Morgan fingerprint density at radius 3 is 2.43 bits per heavy atom. The standard InChI is InChI=1S/C13H9F3N4O/c1-21-12-18-5-9(6-19-12)8-4-10(13(14,15)16)11-17-2-3-20(11)7-8/h2-7H,1H3. The average Bonchev–Trinajstić information content (AvgIpc) is 2.93. The van der Waals surface area contributed by atoms with Gasteiger partial charge in [-0.2, -0.15) is 13.2 Å². The van der Waals surface area contributed by atoms with E-state index in [-0.39, 0.29) is 11.7 Å². The summed E-state index contributed by atoms with van der Waals surface area (Å²) in [7, 11) is 1.41. The fraction of sp³-hybridized carbons (Fsp3) is 0.154. The second-order valence-corrected chi connectivity index (χ2v) is 4.26. The van der Waals surface area contributed by atoms with Gasteiger partial charge in [0.05, 0.1) is 12.7 Å². The largest absolute Gasteiger partial charge is 0.467 e. The highest BCUT2D eigenvalue weighted by atomic mass is 19.4. The van der Waals surface area contributed by atoms with Crippen LogP contribution in [0.3, 0.4) is 0 Å². The number of methoxy groups -OCH3 is 1. The molecule has 3 aromatic rings. The quantitative estimate of drug-likeness (QED) is 0.729. The lowest BCUT2D eigenvalue weighted by Gasteiger charge is -2.11. The molecule has 0 N–H and O–H groups in total. The lowest BCUT2D eigenvalue weighted by molar-refractivity contribution is -0.136. The summed E-state index contributed by atoms with van der Waals surface area (Å²) in [6.45, 7) is 0. The highest BCUT2D eigenvalue weighted by Crippen LogP contribution is 2.34. The van der Waals surface area contributed by atoms with Crippen LogP contribution in [0.4, 0.5) is 13.2 Å². The Balaban J connectivity index is 2.18. The maximum atomic E-state index is 13.1. The summed E-state index contributed by atoms with van der Waals surface area (Å²) in [6.07, 6.45) is 2.64. The molecule has 0 atom stereocenters. The van der Waals surface area contributed by atoms with Crippen molar-refractivity contribution < 1.29 is 17.9 Å². The first kappa shape index (κ1) is 13.3. The lowest BCUT2D eigenvalue weighted by Crippen LogP contribution is -2.08. The van der Waals surface area contributed by atoms with Gasteiger partial charge in [0.15, 0.2) is 0 Å². The number of alkyl halides is 3. The topological polar surface area (TPSA) is 52.3 Å². The van der Waals surface area contributed by atoms with Gasteiger partial charge in [-0.15, -0.1) is 0 Å². The van der Waals surface area contributed by atoms with Crippen molar-refractivity contribution in [2.24, 2.45) is 0 Å². The smallest absolute Gasteiger partial charge is 0.420 e. The molecule has 0 aromatic carbocycles. The molecule has 0 bridgehead atoms. The fourth-order valence-electron chi connectivity index (χ4n) is 1.97. The van der Waals surface area contributed by atoms with Crippen LogP contribution in [-0.4, -0.2) is 26.5 Å². The minimum atomic E-state index is -4.49. The predicted octanol–water partition coefficient (Wildman–Crippen LogP) is 2.82. The normalized spacial score (nSPS) is 11.8. The van der Waals surface area contributed by atoms with Gasteiger partial charge in [-0.1, -0.05) is 0 Å². The lowest BCUT2D eigenvalue weighted by atomic mass is 10.1. The molecule has 0 unspecified atom stereocenters. The molecule has 0 spiro atoms. The molecule has 0 aliphatic carbocycles. The maximum absolute atomic E-state index is 13.1. The van der Waals surface area contributed by atoms with Crippen molar-refractivity contribution in [3.8, 4) is 17.1 Å². The summed E-state index contributed by atoms with van der Waals surface area (Å²) in [5, 5.41) is 0. The third-order valence-corrected chi connectivity index (χ3v) is 2.94. The Kier molecular flexibility index (Phi) is 3.00. The van der Waals surface area contributed by atoms with E-state index < -0.39 is 11.7 Å². The van der Waals surface area contributed by atoms with E-state index in [1.165, 1.54) is 36.3 Å². The van der Waals surface area contributed by atoms with Crippen LogP contribution in [-0.2, 0) is 6.18 Å². The Bertz CT molecular complexity index is 780. The van der Waals surface area contributed by atoms with Gasteiger partial charge in [0.25, 0.3) is 0 Å². The molecule has 3 rings (SSSR count). The molecule has 0 saturated heterocycles. The van der Waals surface area contributed by atoms with Gasteiger partial charge in [-0.05, 0) is 6.07 Å². The number of aromatic nitrogens is 4. The summed E-state index contributed by atoms with van der Waals surface area (Å²) in [4.78, 5) is 11.5. The van der Waals surface area contributed by atoms with Crippen LogP contribution in [0.25, 0.3) is 16.8 Å². The fourth-order valence-corrected chi connectivity index (χ4v) is 1.97. The second-order valence-electron chi connectivity index (χ2n) is 4.26. The molecule has 3 heterocycles. The van der Waals surface area contributed by atoms with Crippen LogP contribution < -0.4 is 4.74 Å². The van der Waals surface area contributed by atoms with Crippen LogP contribution in [0.15, 0.2) is 37.1 Å². The van der Waals surface area contributed by atoms with Crippen LogP contribution in [0.1, 0.15) is 5.56 Å². The predicted molar refractivity (Wildman–Crippen MR) is 67.8 cm³/mol. The molecule has 21 heavy (non-hydrogen) atoms. The SMILES string of the molecule is COc1ncc(-c2cc(C(F)(F)F)c3nccn3c2)cn1. The number of rotatable bonds is 2. The van der Waals surface area contributed by atoms with Gasteiger partial charge < -0.3 is 9.14 Å². The number of hydrogen-bond acceptors (Lipinski definition) is 4. The van der Waals surface area contributed by atoms with Gasteiger partial charge in [-0.3, -0.25) is 0 Å². The van der Waals surface area contributed by atoms with E-state index in [0.29, 0.717) is 11.1 Å². The molecule has 0 fully saturated rings. The maximum Gasteiger partial charge on any atom is 0.420 e. The number of nitrogens with zero attached hydrogens (tertiary/aromatic N) is 4. The molecule has 108 valence electrons. The Hall–Kier alpha value is -2.64. The van der Waals surface area contributed by atoms with Crippen molar-refractivity contribution in [2.75, 3.05) is 7.11 Å². The van der Waals surface area contributed by atoms with Crippen LogP contribution in [0, 0.1) is 0 Å². The van der Waals surface area contributed by atoms with Gasteiger partial charge >= 0.3 is 12.2 Å². The van der Waals surface area contributed by atoms with E-state index in [1.807, 2.05) is 0 Å². The number of ether oxygens (including phenoxy) is 1. The third-order valence-electron chi connectivity index (χ3n) is 2.94. The van der Waals surface area contributed by atoms with Gasteiger partial charge in [0, 0.05) is 42.1 Å². The van der Waals surface area contributed by atoms with Crippen molar-refractivity contribution >= 4 is 5.65 Å². The molecule has 5 nitrogen and oxygen atoms in total. The van der Waals surface area contributed by atoms with E-state index in [9.17, 15) is 13.2 Å². The molecule has 3 aromatic heterocycles. The Morgan fingerprint density at radius 2 is 1.81 bits per heavy atom. The van der Waals surface area contributed by atoms with Crippen molar-refractivity contribution in [1.29, 1.82) is 0 Å². The van der Waals surface area contributed by atoms with E-state index in [1.54, 1.807) is 6.20 Å². The van der Waals surface area contributed by atoms with Crippen molar-refractivity contribution in [2.45, 2.75) is 6.18 Å². The molecular weight excluding hydrogens is 285 g/mol. The van der Waals surface area contributed by atoms with E-state index in [2.05, 4.69) is 15.0 Å². The number of fused-ring (bicyclic) bond motifs is 1. The number of halogens is 3. The molecule has 0 aliphatic rings. The molecule has 0 radical (unpaired) electrons. The van der Waals surface area contributed by atoms with Crippen molar-refractivity contribution in [1.82, 2.24) is 19.4 Å². The first-order valence-corrected chi connectivity index (χ1v) is 5.89. The van der Waals surface area contributed by atoms with Crippen LogP contribution in [0.5, 0.6) is 6.01 Å². The molecule has 0 saturated carbocycles. The molecule has 8 heteroatoms. The summed E-state index contributed by atoms with van der Waals surface area (Å²) < 4.78 is 45.5. The highest BCUT2D eigenvalue weighted by molar-refractivity contribution is 5.66. The average molecular weight is 294 g/mol. The third kappa shape index (κ3) is 2.39. The number of pyridine rings is 1. The van der Waals surface area contributed by atoms with Gasteiger partial charge in [-0.25, -0.2) is 15.0 Å². The van der Waals surface area contributed by atoms with Gasteiger partial charge in [0.1, 0.15) is 5.65 Å². The van der Waals surface area contributed by atoms with Crippen LogP contribution in [0.2, 0.25) is 0 Å². The van der Waals surface area contributed by atoms with Crippen LogP contribution >= 0.6 is 0 Å². The Labute approximate surface area is 117 Å². The minimum Gasteiger partial charge on any atom is -0.467 e. The minimum absolute atomic E-state index is 0.138. The zero-order valence-corrected chi connectivity index (χ0v) is 10.8. The number of imidazole rings is 1. The number of hydrogen-bond donors (Lipinski definition) is 0. The van der Waals surface area contributed by atoms with Gasteiger partial charge in [0.2, 0.25) is 0 Å². The summed E-state index contributed by atoms with van der Waals surface area (Å²) in [6, 6.07) is 1.19. The molecular formula is C13H9F3N4O. The Morgan fingerprint density at radius 1 is 1.10 bits per heavy atom. The van der Waals surface area contributed by atoms with Crippen molar-refractivity contribution in [3.63, 3.8) is 0 Å². The molecule has 0 aliphatic heterocycles. The van der Waals surface area contributed by atoms with E-state index in [0.717, 1.165) is 6.07 Å². The first-order chi connectivity index (χ1) is 9.99. The first-order valence-electron chi connectivity index (χ1n) is 5.89. The molecule has 0 amide bonds. The summed E-state index contributed by atoms with van der Waals surface area (Å²) >= 11 is 0. The van der Waals surface area contributed by atoms with E-state index >= 15 is 0 Å². The monoisotopic (exact) mass is 294 g/mol. The van der Waals surface area contributed by atoms with E-state index in [4.69, 9.17) is 4.74 Å². The second kappa shape index (κ2) is 4.72. The highest BCUT2D eigenvalue weighted by Gasteiger charge is 2.34. The summed E-state index contributed by atoms with van der Waals surface area (Å²) in [5.41, 5.74) is -0.145. The summed E-state index contributed by atoms with van der Waals surface area (Å²) in [5.74, 6) is 0. The zero-order valence-electron chi connectivity index (χ0n) is 10.8. The van der Waals surface area contributed by atoms with Crippen molar-refractivity contribution in [3.05, 3.63) is 42.6 Å². The zero-order chi connectivity index (χ0) is 15.0.